The van der Waals surface area contributed by atoms with Gasteiger partial charge in [0.25, 0.3) is 5.91 Å². The monoisotopic (exact) mass is 223 g/mol. The van der Waals surface area contributed by atoms with E-state index in [2.05, 4.69) is 4.98 Å². The maximum absolute atomic E-state index is 11.6. The van der Waals surface area contributed by atoms with E-state index in [-0.39, 0.29) is 5.91 Å². The van der Waals surface area contributed by atoms with Gasteiger partial charge in [-0.3, -0.25) is 4.79 Å². The fourth-order valence-electron chi connectivity index (χ4n) is 1.30. The van der Waals surface area contributed by atoms with Gasteiger partial charge < -0.3 is 9.30 Å². The molecular formula is C10H10ClN3O. The third-order valence-corrected chi connectivity index (χ3v) is 2.26. The van der Waals surface area contributed by atoms with Crippen LogP contribution in [0.4, 0.5) is 0 Å². The molecule has 1 amide bonds. The zero-order valence-electron chi connectivity index (χ0n) is 8.44. The van der Waals surface area contributed by atoms with E-state index in [4.69, 9.17) is 11.6 Å². The molecule has 78 valence electrons. The Balaban J connectivity index is 2.52. The van der Waals surface area contributed by atoms with Gasteiger partial charge in [0.15, 0.2) is 0 Å². The van der Waals surface area contributed by atoms with Crippen LogP contribution in [0.3, 0.4) is 0 Å². The molecule has 2 aromatic rings. The SMILES string of the molecule is CN(C)C(=O)c1cn2cc(Cl)ccc2n1. The molecule has 2 aromatic heterocycles. The highest BCUT2D eigenvalue weighted by Gasteiger charge is 2.12. The van der Waals surface area contributed by atoms with Crippen molar-refractivity contribution in [1.82, 2.24) is 14.3 Å². The van der Waals surface area contributed by atoms with Crippen molar-refractivity contribution in [2.24, 2.45) is 0 Å². The van der Waals surface area contributed by atoms with Gasteiger partial charge in [0, 0.05) is 26.5 Å². The fourth-order valence-corrected chi connectivity index (χ4v) is 1.46. The Hall–Kier alpha value is -1.55. The number of hydrogen-bond donors (Lipinski definition) is 0. The molecule has 0 unspecified atom stereocenters. The van der Waals surface area contributed by atoms with Gasteiger partial charge in [-0.05, 0) is 12.1 Å². The maximum atomic E-state index is 11.6. The van der Waals surface area contributed by atoms with Crippen molar-refractivity contribution in [3.63, 3.8) is 0 Å². The fraction of sp³-hybridized carbons (Fsp3) is 0.200. The summed E-state index contributed by atoms with van der Waals surface area (Å²) in [6, 6.07) is 3.52. The van der Waals surface area contributed by atoms with Gasteiger partial charge in [0.2, 0.25) is 0 Å². The smallest absolute Gasteiger partial charge is 0.273 e. The Kier molecular flexibility index (Phi) is 2.36. The minimum absolute atomic E-state index is 0.116. The number of hydrogen-bond acceptors (Lipinski definition) is 2. The van der Waals surface area contributed by atoms with Crippen molar-refractivity contribution in [2.75, 3.05) is 14.1 Å². The molecule has 2 heterocycles. The minimum atomic E-state index is -0.116. The van der Waals surface area contributed by atoms with E-state index in [1.54, 1.807) is 43.0 Å². The molecule has 0 aliphatic rings. The molecule has 0 aromatic carbocycles. The standard InChI is InChI=1S/C10H10ClN3O/c1-13(2)10(15)8-6-14-5-7(11)3-4-9(14)12-8/h3-6H,1-2H3. The summed E-state index contributed by atoms with van der Waals surface area (Å²) in [5, 5.41) is 0.615. The largest absolute Gasteiger partial charge is 0.343 e. The quantitative estimate of drug-likeness (QED) is 0.738. The molecule has 0 saturated heterocycles. The van der Waals surface area contributed by atoms with Crippen LogP contribution in [0.15, 0.2) is 24.5 Å². The molecule has 0 saturated carbocycles. The first-order chi connectivity index (χ1) is 7.08. The van der Waals surface area contributed by atoms with Gasteiger partial charge in [-0.25, -0.2) is 4.98 Å². The van der Waals surface area contributed by atoms with Crippen LogP contribution in [0.5, 0.6) is 0 Å². The van der Waals surface area contributed by atoms with E-state index in [0.717, 1.165) is 0 Å². The molecule has 5 heteroatoms. The summed E-state index contributed by atoms with van der Waals surface area (Å²) in [7, 11) is 3.39. The number of pyridine rings is 1. The summed E-state index contributed by atoms with van der Waals surface area (Å²) >= 11 is 5.83. The first-order valence-corrected chi connectivity index (χ1v) is 4.81. The summed E-state index contributed by atoms with van der Waals surface area (Å²) in [5.41, 5.74) is 1.13. The van der Waals surface area contributed by atoms with Crippen LogP contribution in [0, 0.1) is 0 Å². The number of carbonyl (C=O) groups is 1. The molecule has 0 spiro atoms. The predicted molar refractivity (Wildman–Crippen MR) is 58.2 cm³/mol. The number of fused-ring (bicyclic) bond motifs is 1. The summed E-state index contributed by atoms with van der Waals surface area (Å²) < 4.78 is 1.74. The third kappa shape index (κ3) is 1.80. The average Bonchev–Trinajstić information content (AvgIpc) is 2.58. The van der Waals surface area contributed by atoms with Crippen LogP contribution < -0.4 is 0 Å². The lowest BCUT2D eigenvalue weighted by Gasteiger charge is -2.06. The second-order valence-electron chi connectivity index (χ2n) is 3.44. The van der Waals surface area contributed by atoms with Crippen LogP contribution >= 0.6 is 11.6 Å². The van der Waals surface area contributed by atoms with Gasteiger partial charge in [-0.2, -0.15) is 0 Å². The number of halogens is 1. The van der Waals surface area contributed by atoms with E-state index >= 15 is 0 Å². The van der Waals surface area contributed by atoms with E-state index in [0.29, 0.717) is 16.4 Å². The Morgan fingerprint density at radius 1 is 1.40 bits per heavy atom. The maximum Gasteiger partial charge on any atom is 0.273 e. The summed E-state index contributed by atoms with van der Waals surface area (Å²) in [6.45, 7) is 0. The first-order valence-electron chi connectivity index (χ1n) is 4.44. The molecule has 0 bridgehead atoms. The van der Waals surface area contributed by atoms with Gasteiger partial charge >= 0.3 is 0 Å². The Labute approximate surface area is 92.1 Å². The van der Waals surface area contributed by atoms with Gasteiger partial charge in [-0.1, -0.05) is 11.6 Å². The van der Waals surface area contributed by atoms with Crippen LogP contribution in [0.2, 0.25) is 5.02 Å². The molecular weight excluding hydrogens is 214 g/mol. The van der Waals surface area contributed by atoms with Crippen molar-refractivity contribution in [3.8, 4) is 0 Å². The van der Waals surface area contributed by atoms with Crippen molar-refractivity contribution in [3.05, 3.63) is 35.2 Å². The minimum Gasteiger partial charge on any atom is -0.343 e. The number of amides is 1. The van der Waals surface area contributed by atoms with E-state index < -0.39 is 0 Å². The lowest BCUT2D eigenvalue weighted by Crippen LogP contribution is -2.21. The summed E-state index contributed by atoms with van der Waals surface area (Å²) in [4.78, 5) is 17.3. The van der Waals surface area contributed by atoms with E-state index in [9.17, 15) is 4.79 Å². The molecule has 0 atom stereocenters. The number of imidazole rings is 1. The lowest BCUT2D eigenvalue weighted by atomic mass is 10.4. The molecule has 0 fully saturated rings. The van der Waals surface area contributed by atoms with E-state index in [1.165, 1.54) is 4.90 Å². The molecule has 0 N–H and O–H groups in total. The topological polar surface area (TPSA) is 37.6 Å². The number of aromatic nitrogens is 2. The number of nitrogens with zero attached hydrogens (tertiary/aromatic N) is 3. The van der Waals surface area contributed by atoms with Crippen molar-refractivity contribution in [1.29, 1.82) is 0 Å². The predicted octanol–water partition coefficient (Wildman–Crippen LogP) is 1.69. The normalized spacial score (nSPS) is 10.6. The first kappa shape index (κ1) is 9.98. The van der Waals surface area contributed by atoms with Crippen LogP contribution in [-0.4, -0.2) is 34.3 Å². The van der Waals surface area contributed by atoms with Crippen molar-refractivity contribution in [2.45, 2.75) is 0 Å². The van der Waals surface area contributed by atoms with E-state index in [1.807, 2.05) is 0 Å². The lowest BCUT2D eigenvalue weighted by molar-refractivity contribution is 0.0822. The van der Waals surface area contributed by atoms with Crippen LogP contribution in [0.1, 0.15) is 10.5 Å². The molecule has 4 nitrogen and oxygen atoms in total. The van der Waals surface area contributed by atoms with Crippen molar-refractivity contribution < 1.29 is 4.79 Å². The average molecular weight is 224 g/mol. The van der Waals surface area contributed by atoms with Crippen molar-refractivity contribution >= 4 is 23.2 Å². The molecule has 2 rings (SSSR count). The van der Waals surface area contributed by atoms with Gasteiger partial charge in [0.1, 0.15) is 11.3 Å². The third-order valence-electron chi connectivity index (χ3n) is 2.04. The zero-order valence-corrected chi connectivity index (χ0v) is 9.19. The van der Waals surface area contributed by atoms with Crippen LogP contribution in [-0.2, 0) is 0 Å². The highest BCUT2D eigenvalue weighted by atomic mass is 35.5. The molecule has 15 heavy (non-hydrogen) atoms. The molecule has 0 radical (unpaired) electrons. The Morgan fingerprint density at radius 2 is 2.13 bits per heavy atom. The Morgan fingerprint density at radius 3 is 2.80 bits per heavy atom. The summed E-state index contributed by atoms with van der Waals surface area (Å²) in [5.74, 6) is -0.116. The Bertz CT molecular complexity index is 518. The zero-order chi connectivity index (χ0) is 11.0. The molecule has 0 aliphatic heterocycles. The van der Waals surface area contributed by atoms with Crippen LogP contribution in [0.25, 0.3) is 5.65 Å². The van der Waals surface area contributed by atoms with Gasteiger partial charge in [-0.15, -0.1) is 0 Å². The summed E-state index contributed by atoms with van der Waals surface area (Å²) in [6.07, 6.45) is 3.39. The highest BCUT2D eigenvalue weighted by Crippen LogP contribution is 2.12. The van der Waals surface area contributed by atoms with Gasteiger partial charge in [0.05, 0.1) is 5.02 Å². The number of carbonyl (C=O) groups excluding carboxylic acids is 1. The molecule has 0 aliphatic carbocycles. The highest BCUT2D eigenvalue weighted by molar-refractivity contribution is 6.30. The second kappa shape index (κ2) is 3.55. The second-order valence-corrected chi connectivity index (χ2v) is 3.87. The number of rotatable bonds is 1.